The molecule has 7 nitrogen and oxygen atoms in total. The molecule has 1 aromatic heterocycles. The first kappa shape index (κ1) is 17.0. The summed E-state index contributed by atoms with van der Waals surface area (Å²) in [6, 6.07) is 13.6. The van der Waals surface area contributed by atoms with Crippen molar-refractivity contribution in [3.05, 3.63) is 70.1 Å². The lowest BCUT2D eigenvalue weighted by atomic mass is 10.1. The molecule has 1 aliphatic rings. The number of hydrogen-bond acceptors (Lipinski definition) is 4. The maximum atomic E-state index is 12.7. The Bertz CT molecular complexity index is 1080. The molecule has 2 N–H and O–H groups in total. The van der Waals surface area contributed by atoms with E-state index in [2.05, 4.69) is 15.5 Å². The number of rotatable bonds is 3. The van der Waals surface area contributed by atoms with E-state index < -0.39 is 5.91 Å². The highest BCUT2D eigenvalue weighted by atomic mass is 16.2. The number of carbonyl (C=O) groups excluding carboxylic acids is 2. The smallest absolute Gasteiger partial charge is 0.276 e. The van der Waals surface area contributed by atoms with Crippen LogP contribution in [-0.4, -0.2) is 40.0 Å². The van der Waals surface area contributed by atoms with E-state index in [1.165, 1.54) is 0 Å². The molecule has 27 heavy (non-hydrogen) atoms. The molecular formula is C20H18N4O3. The number of hydrogen-bond donors (Lipinski definition) is 2. The highest BCUT2D eigenvalue weighted by molar-refractivity contribution is 6.11. The van der Waals surface area contributed by atoms with Crippen LogP contribution in [0.5, 0.6) is 0 Å². The summed E-state index contributed by atoms with van der Waals surface area (Å²) < 4.78 is 0. The van der Waals surface area contributed by atoms with Crippen LogP contribution in [0.1, 0.15) is 33.7 Å². The molecular weight excluding hydrogens is 344 g/mol. The minimum atomic E-state index is -0.451. The Hall–Kier alpha value is -3.48. The largest absolute Gasteiger partial charge is 0.339 e. The van der Waals surface area contributed by atoms with Gasteiger partial charge >= 0.3 is 0 Å². The molecule has 1 saturated heterocycles. The van der Waals surface area contributed by atoms with Gasteiger partial charge in [0.25, 0.3) is 17.4 Å². The van der Waals surface area contributed by atoms with Crippen molar-refractivity contribution in [1.82, 2.24) is 15.1 Å². The van der Waals surface area contributed by atoms with Crippen LogP contribution in [-0.2, 0) is 0 Å². The molecule has 3 aromatic rings. The molecule has 2 aromatic carbocycles. The lowest BCUT2D eigenvalue weighted by Gasteiger charge is -2.15. The van der Waals surface area contributed by atoms with Crippen LogP contribution in [0.3, 0.4) is 0 Å². The van der Waals surface area contributed by atoms with Crippen molar-refractivity contribution < 1.29 is 9.59 Å². The third kappa shape index (κ3) is 3.31. The van der Waals surface area contributed by atoms with E-state index in [0.717, 1.165) is 25.9 Å². The molecule has 2 heterocycles. The third-order valence-corrected chi connectivity index (χ3v) is 4.67. The lowest BCUT2D eigenvalue weighted by molar-refractivity contribution is 0.0792. The molecule has 4 rings (SSSR count). The summed E-state index contributed by atoms with van der Waals surface area (Å²) in [4.78, 5) is 38.9. The fourth-order valence-electron chi connectivity index (χ4n) is 3.31. The fourth-order valence-corrected chi connectivity index (χ4v) is 3.31. The maximum Gasteiger partial charge on any atom is 0.276 e. The normalized spacial score (nSPS) is 13.7. The monoisotopic (exact) mass is 362 g/mol. The summed E-state index contributed by atoms with van der Waals surface area (Å²) in [5.74, 6) is -0.482. The molecule has 7 heteroatoms. The van der Waals surface area contributed by atoms with Crippen molar-refractivity contribution in [3.8, 4) is 0 Å². The molecule has 136 valence electrons. The Morgan fingerprint density at radius 3 is 2.52 bits per heavy atom. The zero-order chi connectivity index (χ0) is 18.8. The number of anilines is 1. The van der Waals surface area contributed by atoms with Crippen LogP contribution >= 0.6 is 0 Å². The molecule has 0 aliphatic carbocycles. The van der Waals surface area contributed by atoms with Crippen LogP contribution in [0.15, 0.2) is 53.3 Å². The number of aromatic nitrogens is 2. The van der Waals surface area contributed by atoms with E-state index in [1.807, 2.05) is 4.90 Å². The van der Waals surface area contributed by atoms with Gasteiger partial charge in [0, 0.05) is 29.7 Å². The highest BCUT2D eigenvalue weighted by Gasteiger charge is 2.20. The number of benzene rings is 2. The summed E-state index contributed by atoms with van der Waals surface area (Å²) in [5, 5.41) is 9.88. The number of aromatic amines is 1. The minimum Gasteiger partial charge on any atom is -0.339 e. The predicted molar refractivity (Wildman–Crippen MR) is 102 cm³/mol. The number of H-pyrrole nitrogens is 1. The quantitative estimate of drug-likeness (QED) is 0.748. The van der Waals surface area contributed by atoms with Crippen molar-refractivity contribution in [3.63, 3.8) is 0 Å². The van der Waals surface area contributed by atoms with Gasteiger partial charge in [-0.2, -0.15) is 5.10 Å². The molecule has 0 spiro atoms. The van der Waals surface area contributed by atoms with Crippen LogP contribution in [0.25, 0.3) is 10.8 Å². The molecule has 1 fully saturated rings. The van der Waals surface area contributed by atoms with Gasteiger partial charge in [-0.05, 0) is 37.1 Å². The van der Waals surface area contributed by atoms with E-state index in [1.54, 1.807) is 48.5 Å². The summed E-state index contributed by atoms with van der Waals surface area (Å²) in [6.07, 6.45) is 2.04. The van der Waals surface area contributed by atoms with Gasteiger partial charge in [-0.3, -0.25) is 14.4 Å². The maximum absolute atomic E-state index is 12.7. The second-order valence-electron chi connectivity index (χ2n) is 6.48. The standard InChI is InChI=1S/C20H18N4O3/c25-18-16-9-2-1-8-15(16)17(22-23-18)19(26)21-14-7-5-6-13(12-14)20(27)24-10-3-4-11-24/h1-2,5-9,12H,3-4,10-11H2,(H,21,26)(H,23,25). The first-order valence-electron chi connectivity index (χ1n) is 8.81. The van der Waals surface area contributed by atoms with Crippen molar-refractivity contribution in [2.24, 2.45) is 0 Å². The van der Waals surface area contributed by atoms with Gasteiger partial charge in [-0.1, -0.05) is 24.3 Å². The van der Waals surface area contributed by atoms with Crippen LogP contribution < -0.4 is 10.9 Å². The zero-order valence-electron chi connectivity index (χ0n) is 14.6. The van der Waals surface area contributed by atoms with Crippen LogP contribution in [0.4, 0.5) is 5.69 Å². The molecule has 0 unspecified atom stereocenters. The average Bonchev–Trinajstić information content (AvgIpc) is 3.23. The predicted octanol–water partition coefficient (Wildman–Crippen LogP) is 2.41. The Balaban J connectivity index is 1.60. The van der Waals surface area contributed by atoms with E-state index in [4.69, 9.17) is 0 Å². The zero-order valence-corrected chi connectivity index (χ0v) is 14.6. The Morgan fingerprint density at radius 1 is 1.00 bits per heavy atom. The molecule has 1 aliphatic heterocycles. The lowest BCUT2D eigenvalue weighted by Crippen LogP contribution is -2.27. The van der Waals surface area contributed by atoms with Crippen molar-refractivity contribution in [2.75, 3.05) is 18.4 Å². The molecule has 0 bridgehead atoms. The number of nitrogens with zero attached hydrogens (tertiary/aromatic N) is 2. The number of likely N-dealkylation sites (tertiary alicyclic amines) is 1. The topological polar surface area (TPSA) is 95.2 Å². The Morgan fingerprint density at radius 2 is 1.74 bits per heavy atom. The third-order valence-electron chi connectivity index (χ3n) is 4.67. The first-order chi connectivity index (χ1) is 13.1. The van der Waals surface area contributed by atoms with E-state index in [0.29, 0.717) is 22.0 Å². The van der Waals surface area contributed by atoms with Crippen molar-refractivity contribution in [2.45, 2.75) is 12.8 Å². The van der Waals surface area contributed by atoms with Gasteiger partial charge in [0.2, 0.25) is 0 Å². The number of carbonyl (C=O) groups is 2. The van der Waals surface area contributed by atoms with Crippen molar-refractivity contribution in [1.29, 1.82) is 0 Å². The van der Waals surface area contributed by atoms with E-state index in [9.17, 15) is 14.4 Å². The van der Waals surface area contributed by atoms with Gasteiger partial charge in [0.05, 0.1) is 5.39 Å². The van der Waals surface area contributed by atoms with Crippen molar-refractivity contribution >= 4 is 28.3 Å². The first-order valence-corrected chi connectivity index (χ1v) is 8.81. The second kappa shape index (κ2) is 7.03. The summed E-state index contributed by atoms with van der Waals surface area (Å²) in [6.45, 7) is 1.53. The average molecular weight is 362 g/mol. The van der Waals surface area contributed by atoms with E-state index in [-0.39, 0.29) is 17.2 Å². The Kier molecular flexibility index (Phi) is 4.42. The highest BCUT2D eigenvalue weighted by Crippen LogP contribution is 2.18. The molecule has 2 amide bonds. The van der Waals surface area contributed by atoms with Gasteiger partial charge in [0.1, 0.15) is 0 Å². The fraction of sp³-hybridized carbons (Fsp3) is 0.200. The summed E-state index contributed by atoms with van der Waals surface area (Å²) in [7, 11) is 0. The minimum absolute atomic E-state index is 0.0313. The summed E-state index contributed by atoms with van der Waals surface area (Å²) >= 11 is 0. The van der Waals surface area contributed by atoms with Crippen LogP contribution in [0.2, 0.25) is 0 Å². The van der Waals surface area contributed by atoms with Gasteiger partial charge in [-0.25, -0.2) is 5.10 Å². The van der Waals surface area contributed by atoms with Crippen LogP contribution in [0, 0.1) is 0 Å². The number of amides is 2. The Labute approximate surface area is 155 Å². The molecule has 0 saturated carbocycles. The number of nitrogens with one attached hydrogen (secondary N) is 2. The van der Waals surface area contributed by atoms with Gasteiger partial charge in [0.15, 0.2) is 5.69 Å². The molecule has 0 radical (unpaired) electrons. The summed E-state index contributed by atoms with van der Waals surface area (Å²) in [5.41, 5.74) is 0.818. The van der Waals surface area contributed by atoms with Gasteiger partial charge in [-0.15, -0.1) is 0 Å². The van der Waals surface area contributed by atoms with Gasteiger partial charge < -0.3 is 10.2 Å². The molecule has 0 atom stereocenters. The number of fused-ring (bicyclic) bond motifs is 1. The van der Waals surface area contributed by atoms with E-state index >= 15 is 0 Å². The SMILES string of the molecule is O=C(Nc1cccc(C(=O)N2CCCC2)c1)c1n[nH]c(=O)c2ccccc12. The second-order valence-corrected chi connectivity index (χ2v) is 6.48.